The van der Waals surface area contributed by atoms with Gasteiger partial charge in [-0.3, -0.25) is 9.63 Å². The topological polar surface area (TPSA) is 120 Å². The summed E-state index contributed by atoms with van der Waals surface area (Å²) < 4.78 is 53.0. The van der Waals surface area contributed by atoms with E-state index in [1.165, 1.54) is 12.1 Å². The van der Waals surface area contributed by atoms with Gasteiger partial charge in [0.1, 0.15) is 41.0 Å². The zero-order valence-electron chi connectivity index (χ0n) is 19.4. The molecule has 10 nitrogen and oxygen atoms in total. The first-order chi connectivity index (χ1) is 18.2. The van der Waals surface area contributed by atoms with Gasteiger partial charge in [-0.1, -0.05) is 6.07 Å². The van der Waals surface area contributed by atoms with Crippen molar-refractivity contribution >= 4 is 23.4 Å². The third-order valence-electron chi connectivity index (χ3n) is 6.21. The molecule has 1 saturated carbocycles. The molecule has 1 aromatic heterocycles. The highest BCUT2D eigenvalue weighted by Crippen LogP contribution is 2.55. The van der Waals surface area contributed by atoms with Gasteiger partial charge in [0.15, 0.2) is 0 Å². The van der Waals surface area contributed by atoms with Crippen molar-refractivity contribution in [3.8, 4) is 23.0 Å². The fraction of sp³-hybridized carbons (Fsp3) is 0.240. The van der Waals surface area contributed by atoms with Crippen LogP contribution in [0.1, 0.15) is 23.5 Å². The van der Waals surface area contributed by atoms with Gasteiger partial charge < -0.3 is 24.8 Å². The number of alkyl halides is 3. The summed E-state index contributed by atoms with van der Waals surface area (Å²) in [6.07, 6.45) is -3.16. The number of carbonyl (C=O) groups excluding carboxylic acids is 2. The van der Waals surface area contributed by atoms with Gasteiger partial charge in [0.2, 0.25) is 5.91 Å². The zero-order chi connectivity index (χ0) is 26.4. The fourth-order valence-corrected chi connectivity index (χ4v) is 4.52. The lowest BCUT2D eigenvalue weighted by molar-refractivity contribution is -0.274. The zero-order valence-corrected chi connectivity index (χ0v) is 19.4. The molecule has 13 heteroatoms. The number of rotatable bonds is 6. The minimum absolute atomic E-state index is 0.0880. The molecule has 3 amide bonds. The van der Waals surface area contributed by atoms with E-state index >= 15 is 0 Å². The third kappa shape index (κ3) is 4.87. The Morgan fingerprint density at radius 1 is 1.11 bits per heavy atom. The van der Waals surface area contributed by atoms with E-state index in [1.807, 2.05) is 6.07 Å². The minimum Gasteiger partial charge on any atom is -0.487 e. The average molecular weight is 528 g/mol. The summed E-state index contributed by atoms with van der Waals surface area (Å²) >= 11 is 0. The van der Waals surface area contributed by atoms with Crippen molar-refractivity contribution in [3.63, 3.8) is 0 Å². The highest BCUT2D eigenvalue weighted by molar-refractivity contribution is 5.93. The summed E-state index contributed by atoms with van der Waals surface area (Å²) in [6, 6.07) is 11.2. The Kier molecular flexibility index (Phi) is 5.71. The van der Waals surface area contributed by atoms with Crippen molar-refractivity contribution in [1.82, 2.24) is 10.5 Å². The molecule has 0 bridgehead atoms. The number of hydrogen-bond acceptors (Lipinski definition) is 7. The van der Waals surface area contributed by atoms with Gasteiger partial charge in [-0.25, -0.2) is 15.3 Å². The summed E-state index contributed by atoms with van der Waals surface area (Å²) in [7, 11) is 0. The lowest BCUT2D eigenvalue weighted by Crippen LogP contribution is -2.31. The number of amides is 3. The van der Waals surface area contributed by atoms with Crippen LogP contribution in [0.3, 0.4) is 0 Å². The molecule has 1 aliphatic carbocycles. The Morgan fingerprint density at radius 3 is 2.82 bits per heavy atom. The number of pyridine rings is 1. The largest absolute Gasteiger partial charge is 0.573 e. The second kappa shape index (κ2) is 9.10. The second-order valence-corrected chi connectivity index (χ2v) is 8.81. The standard InChI is InChI=1S/C25H19F3N4O6/c26-25(27,28)37-14-3-1-2-12(10-14)30-24(34)32-38-22-20-16-11-13(4-6-17(16)36-21(20)22)35-18-8-9-29-23-15(18)5-7-19(33)31-23/h1-4,6,8-11,20-22H,5,7H2,(H,29,31,33)(H2,30,32,34)/t20-,21+,22+/m1/s1. The summed E-state index contributed by atoms with van der Waals surface area (Å²) in [5.74, 6) is 1.64. The highest BCUT2D eigenvalue weighted by atomic mass is 19.4. The van der Waals surface area contributed by atoms with Crippen LogP contribution < -0.4 is 30.3 Å². The monoisotopic (exact) mass is 528 g/mol. The van der Waals surface area contributed by atoms with E-state index in [2.05, 4.69) is 25.8 Å². The first-order valence-electron chi connectivity index (χ1n) is 11.6. The Bertz CT molecular complexity index is 1430. The molecular formula is C25H19F3N4O6. The molecule has 0 spiro atoms. The van der Waals surface area contributed by atoms with Crippen LogP contribution in [0.4, 0.5) is 29.5 Å². The molecular weight excluding hydrogens is 509 g/mol. The highest BCUT2D eigenvalue weighted by Gasteiger charge is 2.61. The SMILES string of the molecule is O=C1CCc2c(Oc3ccc4c(c3)[C@H]3[C@H](ONC(=O)Nc5cccc(OC(F)(F)F)c5)[C@H]3O4)ccnc2N1. The van der Waals surface area contributed by atoms with E-state index in [9.17, 15) is 22.8 Å². The maximum atomic E-state index is 12.4. The van der Waals surface area contributed by atoms with Crippen LogP contribution in [0.25, 0.3) is 0 Å². The van der Waals surface area contributed by atoms with Gasteiger partial charge in [-0.2, -0.15) is 0 Å². The molecule has 0 saturated heterocycles. The number of anilines is 2. The number of hydroxylamine groups is 1. The molecule has 196 valence electrons. The van der Waals surface area contributed by atoms with Crippen LogP contribution in [0.2, 0.25) is 0 Å². The van der Waals surface area contributed by atoms with Gasteiger partial charge in [0, 0.05) is 35.5 Å². The van der Waals surface area contributed by atoms with E-state index in [0.29, 0.717) is 35.9 Å². The van der Waals surface area contributed by atoms with Crippen LogP contribution in [0.5, 0.6) is 23.0 Å². The van der Waals surface area contributed by atoms with E-state index in [4.69, 9.17) is 14.3 Å². The van der Waals surface area contributed by atoms with Crippen molar-refractivity contribution in [3.05, 3.63) is 65.9 Å². The van der Waals surface area contributed by atoms with Crippen molar-refractivity contribution < 1.29 is 41.8 Å². The van der Waals surface area contributed by atoms with Gasteiger partial charge in [0.25, 0.3) is 0 Å². The summed E-state index contributed by atoms with van der Waals surface area (Å²) in [6.45, 7) is 0. The molecule has 3 N–H and O–H groups in total. The first kappa shape index (κ1) is 23.9. The number of fused-ring (bicyclic) bond motifs is 4. The molecule has 1 fully saturated rings. The van der Waals surface area contributed by atoms with Crippen molar-refractivity contribution in [2.24, 2.45) is 0 Å². The van der Waals surface area contributed by atoms with Gasteiger partial charge in [0.05, 0.1) is 5.92 Å². The Labute approximate surface area is 213 Å². The Hall–Kier alpha value is -4.52. The van der Waals surface area contributed by atoms with Crippen molar-refractivity contribution in [2.45, 2.75) is 37.3 Å². The number of nitrogens with one attached hydrogen (secondary N) is 3. The third-order valence-corrected chi connectivity index (χ3v) is 6.21. The van der Waals surface area contributed by atoms with E-state index in [-0.39, 0.29) is 23.6 Å². The van der Waals surface area contributed by atoms with Crippen LogP contribution >= 0.6 is 0 Å². The molecule has 3 aliphatic rings. The number of nitrogens with zero attached hydrogens (tertiary/aromatic N) is 1. The number of aromatic nitrogens is 1. The first-order valence-corrected chi connectivity index (χ1v) is 11.6. The smallest absolute Gasteiger partial charge is 0.487 e. The molecule has 38 heavy (non-hydrogen) atoms. The van der Waals surface area contributed by atoms with Crippen LogP contribution in [0.15, 0.2) is 54.7 Å². The molecule has 0 unspecified atom stereocenters. The van der Waals surface area contributed by atoms with Gasteiger partial charge >= 0.3 is 12.4 Å². The van der Waals surface area contributed by atoms with Gasteiger partial charge in [-0.05, 0) is 42.8 Å². The van der Waals surface area contributed by atoms with Crippen molar-refractivity contribution in [1.29, 1.82) is 0 Å². The van der Waals surface area contributed by atoms with Crippen molar-refractivity contribution in [2.75, 3.05) is 10.6 Å². The normalized spacial score (nSPS) is 20.7. The Balaban J connectivity index is 1.06. The minimum atomic E-state index is -4.84. The summed E-state index contributed by atoms with van der Waals surface area (Å²) in [5.41, 5.74) is 4.01. The van der Waals surface area contributed by atoms with Crippen LogP contribution in [0, 0.1) is 0 Å². The average Bonchev–Trinajstić information content (AvgIpc) is 3.41. The molecule has 3 atom stereocenters. The van der Waals surface area contributed by atoms with E-state index < -0.39 is 24.2 Å². The van der Waals surface area contributed by atoms with Crippen LogP contribution in [-0.2, 0) is 16.1 Å². The predicted octanol–water partition coefficient (Wildman–Crippen LogP) is 4.64. The maximum absolute atomic E-state index is 12.4. The summed E-state index contributed by atoms with van der Waals surface area (Å²) in [5, 5.41) is 5.13. The maximum Gasteiger partial charge on any atom is 0.573 e. The van der Waals surface area contributed by atoms with E-state index in [0.717, 1.165) is 23.3 Å². The quantitative estimate of drug-likeness (QED) is 0.399. The van der Waals surface area contributed by atoms with Gasteiger partial charge in [-0.15, -0.1) is 13.2 Å². The lowest BCUT2D eigenvalue weighted by Gasteiger charge is -2.19. The molecule has 2 aromatic carbocycles. The molecule has 3 aromatic rings. The second-order valence-electron chi connectivity index (χ2n) is 8.81. The number of hydrogen-bond donors (Lipinski definition) is 3. The molecule has 6 rings (SSSR count). The van der Waals surface area contributed by atoms with Crippen LogP contribution in [-0.4, -0.2) is 35.5 Å². The predicted molar refractivity (Wildman–Crippen MR) is 125 cm³/mol. The fourth-order valence-electron chi connectivity index (χ4n) is 4.52. The summed E-state index contributed by atoms with van der Waals surface area (Å²) in [4.78, 5) is 33.5. The molecule has 0 radical (unpaired) electrons. The Morgan fingerprint density at radius 2 is 1.97 bits per heavy atom. The number of ether oxygens (including phenoxy) is 3. The number of urea groups is 1. The number of benzene rings is 2. The lowest BCUT2D eigenvalue weighted by atomic mass is 10.1. The number of carbonyl (C=O) groups is 2. The van der Waals surface area contributed by atoms with E-state index in [1.54, 1.807) is 24.4 Å². The number of halogens is 3. The molecule has 2 aliphatic heterocycles. The molecule has 3 heterocycles.